The summed E-state index contributed by atoms with van der Waals surface area (Å²) >= 11 is 0. The van der Waals surface area contributed by atoms with E-state index in [4.69, 9.17) is 4.74 Å². The fourth-order valence-corrected chi connectivity index (χ4v) is 1.74. The minimum Gasteiger partial charge on any atom is -0.462 e. The van der Waals surface area contributed by atoms with Crippen molar-refractivity contribution in [2.75, 3.05) is 26.4 Å². The van der Waals surface area contributed by atoms with Crippen LogP contribution in [0.4, 0.5) is 0 Å². The van der Waals surface area contributed by atoms with Crippen molar-refractivity contribution < 1.29 is 57.3 Å². The first-order chi connectivity index (χ1) is 20.6. The summed E-state index contributed by atoms with van der Waals surface area (Å²) in [6.45, 7) is 23.3. The summed E-state index contributed by atoms with van der Waals surface area (Å²) in [5.41, 5.74) is 0.674. The number of hydrogen-bond acceptors (Lipinski definition) is 12. The van der Waals surface area contributed by atoms with Crippen LogP contribution in [-0.4, -0.2) is 73.4 Å². The Morgan fingerprint density at radius 2 is 0.661 bits per heavy atom. The average molecular weight is 817 g/mol. The highest BCUT2D eigenvalue weighted by Crippen LogP contribution is 1.95. The van der Waals surface area contributed by atoms with Gasteiger partial charge in [0.2, 0.25) is 0 Å². The molecule has 0 aromatic heterocycles. The number of esters is 4. The summed E-state index contributed by atoms with van der Waals surface area (Å²) in [6, 6.07) is 0. The lowest BCUT2D eigenvalue weighted by molar-refractivity contribution is -0.144. The average Bonchev–Trinajstić information content (AvgIpc) is 3.02. The van der Waals surface area contributed by atoms with Gasteiger partial charge >= 0.3 is 23.9 Å². The monoisotopic (exact) mass is 817 g/mol. The van der Waals surface area contributed by atoms with Gasteiger partial charge < -0.3 is 18.9 Å². The number of carbonyl (C=O) groups is 8. The van der Waals surface area contributed by atoms with Gasteiger partial charge in [0.25, 0.3) is 0 Å². The van der Waals surface area contributed by atoms with E-state index in [0.717, 1.165) is 12.2 Å². The molecule has 0 saturated carbocycles. The van der Waals surface area contributed by atoms with E-state index in [1.165, 1.54) is 0 Å². The normalized spacial score (nSPS) is 6.96. The van der Waals surface area contributed by atoms with Crippen LogP contribution in [0.3, 0.4) is 0 Å². The third-order valence-corrected chi connectivity index (χ3v) is 4.59. The minimum absolute atomic E-state index is 0. The molecule has 0 aliphatic heterocycles. The topological polar surface area (TPSA) is 173 Å². The quantitative estimate of drug-likeness (QED) is 0.0728. The van der Waals surface area contributed by atoms with Gasteiger partial charge in [-0.25, -0.2) is 19.2 Å². The standard InChI is InChI=1S/C9H14O3.2C8H12O3.C7H10O3.12CH4/c1-4-8(10)5-6-12-9(11)7(2)3;1-4-7(9)5-11-8(10)6(2)3;1-3-7(9)5-6-11-8(10)4-2;1-3-6(8)5-10-7(9)4-2;;;;;;;;;;;;/h2,4-6H2,1,3H3;2,4-5H2,1,3H3;4H,2-3,5-6H2,1H3;4H,2-3,5H2,1H3;12*1H4. The van der Waals surface area contributed by atoms with Crippen LogP contribution in [0.5, 0.6) is 0 Å². The first-order valence-electron chi connectivity index (χ1n) is 13.9. The zero-order valence-corrected chi connectivity index (χ0v) is 27.0. The second-order valence-corrected chi connectivity index (χ2v) is 8.53. The molecule has 0 atom stereocenters. The molecule has 0 rings (SSSR count). The predicted molar refractivity (Wildman–Crippen MR) is 245 cm³/mol. The molecule has 0 aromatic carbocycles. The molecule has 0 fully saturated rings. The Labute approximate surface area is 349 Å². The minimum atomic E-state index is -0.554. The SMILES string of the molecule is C.C.C.C.C.C.C.C.C.C.C.C.C=C(C)C(=O)OCC(=O)CC.C=C(C)C(=O)OCCC(=O)CC.C=CC(=O)OCC(=O)CC.C=CC(=O)OCCC(=O)CC. The van der Waals surface area contributed by atoms with Crippen LogP contribution in [0.2, 0.25) is 0 Å². The number of carbonyl (C=O) groups excluding carboxylic acids is 8. The Hall–Kier alpha value is -4.48. The molecule has 0 heterocycles. The molecule has 56 heavy (non-hydrogen) atoms. The van der Waals surface area contributed by atoms with Crippen LogP contribution >= 0.6 is 0 Å². The molecule has 0 radical (unpaired) electrons. The van der Waals surface area contributed by atoms with Gasteiger partial charge in [-0.3, -0.25) is 19.2 Å². The maximum absolute atomic E-state index is 10.8. The molecule has 0 saturated heterocycles. The molecule has 0 aliphatic rings. The van der Waals surface area contributed by atoms with Crippen molar-refractivity contribution in [1.29, 1.82) is 0 Å². The van der Waals surface area contributed by atoms with Gasteiger partial charge in [-0.1, -0.05) is 143 Å². The van der Waals surface area contributed by atoms with E-state index < -0.39 is 23.9 Å². The fraction of sp³-hybridized carbons (Fsp3) is 0.636. The van der Waals surface area contributed by atoms with Crippen LogP contribution in [0.1, 0.15) is 169 Å². The Morgan fingerprint density at radius 1 is 0.411 bits per heavy atom. The number of rotatable bonds is 18. The van der Waals surface area contributed by atoms with Crippen molar-refractivity contribution in [1.82, 2.24) is 0 Å². The van der Waals surface area contributed by atoms with Crippen molar-refractivity contribution in [2.45, 2.75) is 169 Å². The number of Topliss-reactive ketones (excluding diaryl/α,β-unsaturated/α-hetero) is 4. The van der Waals surface area contributed by atoms with Crippen molar-refractivity contribution in [2.24, 2.45) is 0 Å². The van der Waals surface area contributed by atoms with E-state index in [2.05, 4.69) is 40.5 Å². The second-order valence-electron chi connectivity index (χ2n) is 8.53. The van der Waals surface area contributed by atoms with Gasteiger partial charge in [0.05, 0.1) is 13.2 Å². The van der Waals surface area contributed by atoms with E-state index in [1.807, 2.05) is 0 Å². The largest absolute Gasteiger partial charge is 0.462 e. The summed E-state index contributed by atoms with van der Waals surface area (Å²) in [7, 11) is 0. The third-order valence-electron chi connectivity index (χ3n) is 4.59. The van der Waals surface area contributed by atoms with Crippen molar-refractivity contribution in [3.8, 4) is 0 Å². The van der Waals surface area contributed by atoms with Crippen LogP contribution in [0.25, 0.3) is 0 Å². The van der Waals surface area contributed by atoms with Crippen molar-refractivity contribution in [3.05, 3.63) is 49.6 Å². The summed E-state index contributed by atoms with van der Waals surface area (Å²) < 4.78 is 18.3. The molecule has 0 bridgehead atoms. The first-order valence-corrected chi connectivity index (χ1v) is 13.9. The van der Waals surface area contributed by atoms with Crippen molar-refractivity contribution >= 4 is 47.0 Å². The Balaban J connectivity index is -0.0000000254. The maximum Gasteiger partial charge on any atom is 0.333 e. The van der Waals surface area contributed by atoms with Crippen LogP contribution in [0.15, 0.2) is 49.6 Å². The molecule has 12 nitrogen and oxygen atoms in total. The molecule has 0 amide bonds. The maximum atomic E-state index is 10.8. The van der Waals surface area contributed by atoms with Crippen LogP contribution in [0, 0.1) is 0 Å². The lowest BCUT2D eigenvalue weighted by atomic mass is 10.2. The smallest absolute Gasteiger partial charge is 0.333 e. The zero-order chi connectivity index (χ0) is 35.1. The van der Waals surface area contributed by atoms with Gasteiger partial charge in [0.1, 0.15) is 24.8 Å². The summed E-state index contributed by atoms with van der Waals surface area (Å²) in [4.78, 5) is 84.8. The predicted octanol–water partition coefficient (Wildman–Crippen LogP) is 12.0. The van der Waals surface area contributed by atoms with Crippen molar-refractivity contribution in [3.63, 3.8) is 0 Å². The summed E-state index contributed by atoms with van der Waals surface area (Å²) in [6.07, 6.45) is 4.48. The molecule has 12 heteroatoms. The highest BCUT2D eigenvalue weighted by atomic mass is 16.5. The van der Waals surface area contributed by atoms with E-state index >= 15 is 0 Å². The number of hydrogen-bond donors (Lipinski definition) is 0. The molecule has 0 aliphatic carbocycles. The van der Waals surface area contributed by atoms with E-state index in [0.29, 0.717) is 49.7 Å². The summed E-state index contributed by atoms with van der Waals surface area (Å²) in [5.74, 6) is -1.94. The van der Waals surface area contributed by atoms with E-state index in [9.17, 15) is 38.4 Å². The highest BCUT2D eigenvalue weighted by Gasteiger charge is 2.06. The Morgan fingerprint density at radius 3 is 0.929 bits per heavy atom. The Kier molecular flexibility index (Phi) is 134. The molecule has 344 valence electrons. The van der Waals surface area contributed by atoms with E-state index in [1.54, 1.807) is 41.5 Å². The zero-order valence-electron chi connectivity index (χ0n) is 27.0. The molecule has 0 N–H and O–H groups in total. The molecular weight excluding hydrogens is 720 g/mol. The Bertz CT molecular complexity index is 1010. The lowest BCUT2D eigenvalue weighted by Crippen LogP contribution is -2.12. The van der Waals surface area contributed by atoms with Gasteiger partial charge in [0.15, 0.2) is 11.6 Å². The third kappa shape index (κ3) is 82.8. The number of ketones is 4. The van der Waals surface area contributed by atoms with Crippen LogP contribution < -0.4 is 0 Å². The molecular formula is C44H96O12. The summed E-state index contributed by atoms with van der Waals surface area (Å²) in [5, 5.41) is 0. The molecule has 0 aromatic rings. The second kappa shape index (κ2) is 71.9. The highest BCUT2D eigenvalue weighted by molar-refractivity contribution is 5.90. The van der Waals surface area contributed by atoms with E-state index in [-0.39, 0.29) is 139 Å². The number of ether oxygens (including phenoxy) is 4. The fourth-order valence-electron chi connectivity index (χ4n) is 1.74. The van der Waals surface area contributed by atoms with Crippen LogP contribution in [-0.2, 0) is 57.3 Å². The molecule has 0 unspecified atom stereocenters. The van der Waals surface area contributed by atoms with Gasteiger partial charge in [-0.05, 0) is 13.8 Å². The lowest BCUT2D eigenvalue weighted by Gasteiger charge is -2.01. The molecule has 0 spiro atoms. The van der Waals surface area contributed by atoms with Gasteiger partial charge in [-0.2, -0.15) is 0 Å². The first kappa shape index (κ1) is 104. The van der Waals surface area contributed by atoms with Gasteiger partial charge in [0, 0.05) is 61.8 Å². The van der Waals surface area contributed by atoms with Gasteiger partial charge in [-0.15, -0.1) is 0 Å².